The Morgan fingerprint density at radius 2 is 2.07 bits per heavy atom. The quantitative estimate of drug-likeness (QED) is 0.740. The summed E-state index contributed by atoms with van der Waals surface area (Å²) in [7, 11) is 0. The highest BCUT2D eigenvalue weighted by atomic mass is 35.5. The fourth-order valence-electron chi connectivity index (χ4n) is 1.47. The van der Waals surface area contributed by atoms with Gasteiger partial charge in [-0.05, 0) is 17.7 Å². The first kappa shape index (κ1) is 10.6. The van der Waals surface area contributed by atoms with Crippen molar-refractivity contribution in [2.45, 2.75) is 19.4 Å². The molecule has 4 heteroatoms. The summed E-state index contributed by atoms with van der Waals surface area (Å²) in [5, 5.41) is 0.737. The zero-order valence-electron chi connectivity index (χ0n) is 8.24. The predicted octanol–water partition coefficient (Wildman–Crippen LogP) is 3.03. The molecule has 1 aromatic rings. The average molecular weight is 240 g/mol. The standard InChI is InChI=1S/C11H10ClNOS/c1-7-13-11(15)10(14-7)6-8-2-4-9(12)5-3-8/h2-5,10H,6H2,1H3. The molecule has 0 bridgehead atoms. The molecule has 2 rings (SSSR count). The fraction of sp³-hybridized carbons (Fsp3) is 0.273. The molecule has 78 valence electrons. The van der Waals surface area contributed by atoms with Crippen LogP contribution in [-0.2, 0) is 11.2 Å². The van der Waals surface area contributed by atoms with E-state index < -0.39 is 0 Å². The molecule has 0 aliphatic carbocycles. The molecule has 0 N–H and O–H groups in total. The average Bonchev–Trinajstić information content (AvgIpc) is 2.49. The minimum absolute atomic E-state index is 0.0961. The van der Waals surface area contributed by atoms with Crippen LogP contribution in [0.4, 0.5) is 0 Å². The van der Waals surface area contributed by atoms with Crippen LogP contribution < -0.4 is 0 Å². The second kappa shape index (κ2) is 4.29. The molecule has 1 atom stereocenters. The molecule has 1 heterocycles. The molecular weight excluding hydrogens is 230 g/mol. The van der Waals surface area contributed by atoms with Crippen LogP contribution in [0, 0.1) is 0 Å². The molecular formula is C11H10ClNOS. The van der Waals surface area contributed by atoms with Gasteiger partial charge in [0.25, 0.3) is 0 Å². The van der Waals surface area contributed by atoms with Crippen molar-refractivity contribution in [1.29, 1.82) is 0 Å². The van der Waals surface area contributed by atoms with E-state index in [4.69, 9.17) is 28.6 Å². The highest BCUT2D eigenvalue weighted by Crippen LogP contribution is 2.16. The van der Waals surface area contributed by atoms with E-state index in [1.54, 1.807) is 0 Å². The Hall–Kier alpha value is -0.930. The van der Waals surface area contributed by atoms with E-state index in [0.29, 0.717) is 10.9 Å². The highest BCUT2D eigenvalue weighted by Gasteiger charge is 2.23. The Morgan fingerprint density at radius 3 is 2.60 bits per heavy atom. The maximum atomic E-state index is 5.80. The van der Waals surface area contributed by atoms with Gasteiger partial charge in [0.1, 0.15) is 4.99 Å². The van der Waals surface area contributed by atoms with Gasteiger partial charge >= 0.3 is 0 Å². The van der Waals surface area contributed by atoms with Crippen molar-refractivity contribution in [3.05, 3.63) is 34.9 Å². The molecule has 0 saturated heterocycles. The Bertz CT molecular complexity index is 413. The molecule has 0 fully saturated rings. The van der Waals surface area contributed by atoms with E-state index >= 15 is 0 Å². The van der Waals surface area contributed by atoms with Crippen molar-refractivity contribution in [3.8, 4) is 0 Å². The molecule has 0 radical (unpaired) electrons. The highest BCUT2D eigenvalue weighted by molar-refractivity contribution is 7.80. The van der Waals surface area contributed by atoms with Crippen LogP contribution in [0.15, 0.2) is 29.3 Å². The Labute approximate surface area is 98.9 Å². The molecule has 0 spiro atoms. The van der Waals surface area contributed by atoms with Gasteiger partial charge in [0.2, 0.25) is 0 Å². The number of halogens is 1. The Kier molecular flexibility index (Phi) is 3.03. The molecule has 1 aromatic carbocycles. The summed E-state index contributed by atoms with van der Waals surface area (Å²) in [6.45, 7) is 1.81. The van der Waals surface area contributed by atoms with Gasteiger partial charge in [0.15, 0.2) is 12.0 Å². The van der Waals surface area contributed by atoms with Gasteiger partial charge < -0.3 is 4.74 Å². The number of benzene rings is 1. The first-order valence-corrected chi connectivity index (χ1v) is 5.44. The second-order valence-corrected chi connectivity index (χ2v) is 4.26. The second-order valence-electron chi connectivity index (χ2n) is 3.41. The number of nitrogens with zero attached hydrogens (tertiary/aromatic N) is 1. The molecule has 0 saturated carbocycles. The van der Waals surface area contributed by atoms with Crippen molar-refractivity contribution in [1.82, 2.24) is 0 Å². The van der Waals surface area contributed by atoms with Crippen LogP contribution in [0.3, 0.4) is 0 Å². The molecule has 0 aromatic heterocycles. The zero-order valence-corrected chi connectivity index (χ0v) is 9.81. The van der Waals surface area contributed by atoms with Gasteiger partial charge in [-0.1, -0.05) is 36.0 Å². The number of aliphatic imine (C=N–C) groups is 1. The number of hydrogen-bond donors (Lipinski definition) is 0. The summed E-state index contributed by atoms with van der Waals surface area (Å²) in [6.07, 6.45) is 0.651. The SMILES string of the molecule is CC1=NC(=S)C(Cc2ccc(Cl)cc2)O1. The van der Waals surface area contributed by atoms with Gasteiger partial charge in [-0.3, -0.25) is 0 Å². The number of thiocarbonyl (C=S) groups is 1. The van der Waals surface area contributed by atoms with Crippen molar-refractivity contribution < 1.29 is 4.74 Å². The number of rotatable bonds is 2. The van der Waals surface area contributed by atoms with E-state index in [0.717, 1.165) is 17.0 Å². The van der Waals surface area contributed by atoms with E-state index in [2.05, 4.69) is 4.99 Å². The van der Waals surface area contributed by atoms with Crippen molar-refractivity contribution in [2.24, 2.45) is 4.99 Å². The van der Waals surface area contributed by atoms with Gasteiger partial charge in [0.05, 0.1) is 0 Å². The minimum Gasteiger partial charge on any atom is -0.470 e. The van der Waals surface area contributed by atoms with Gasteiger partial charge in [-0.2, -0.15) is 0 Å². The lowest BCUT2D eigenvalue weighted by molar-refractivity contribution is 0.268. The van der Waals surface area contributed by atoms with E-state index in [-0.39, 0.29) is 6.10 Å². The zero-order chi connectivity index (χ0) is 10.8. The van der Waals surface area contributed by atoms with Crippen LogP contribution in [0.1, 0.15) is 12.5 Å². The third-order valence-corrected chi connectivity index (χ3v) is 2.80. The van der Waals surface area contributed by atoms with Crippen molar-refractivity contribution in [2.75, 3.05) is 0 Å². The maximum Gasteiger partial charge on any atom is 0.186 e. The lowest BCUT2D eigenvalue weighted by Crippen LogP contribution is -2.18. The van der Waals surface area contributed by atoms with Crippen LogP contribution in [-0.4, -0.2) is 17.0 Å². The lowest BCUT2D eigenvalue weighted by atomic mass is 10.1. The predicted molar refractivity (Wildman–Crippen MR) is 65.7 cm³/mol. The van der Waals surface area contributed by atoms with Gasteiger partial charge in [-0.25, -0.2) is 4.99 Å². The van der Waals surface area contributed by atoms with Crippen LogP contribution in [0.5, 0.6) is 0 Å². The summed E-state index contributed by atoms with van der Waals surface area (Å²) >= 11 is 10.9. The molecule has 1 aliphatic rings. The molecule has 1 aliphatic heterocycles. The van der Waals surface area contributed by atoms with E-state index in [1.165, 1.54) is 0 Å². The summed E-state index contributed by atoms with van der Waals surface area (Å²) in [5.41, 5.74) is 1.15. The number of hydrogen-bond acceptors (Lipinski definition) is 2. The largest absolute Gasteiger partial charge is 0.470 e. The van der Waals surface area contributed by atoms with Crippen LogP contribution in [0.2, 0.25) is 5.02 Å². The van der Waals surface area contributed by atoms with E-state index in [9.17, 15) is 0 Å². The Morgan fingerprint density at radius 1 is 1.40 bits per heavy atom. The summed E-state index contributed by atoms with van der Waals surface area (Å²) in [6, 6.07) is 7.68. The van der Waals surface area contributed by atoms with Gasteiger partial charge in [-0.15, -0.1) is 0 Å². The fourth-order valence-corrected chi connectivity index (χ4v) is 1.86. The normalized spacial score (nSPS) is 20.0. The van der Waals surface area contributed by atoms with Crippen LogP contribution >= 0.6 is 23.8 Å². The first-order chi connectivity index (χ1) is 7.15. The van der Waals surface area contributed by atoms with E-state index in [1.807, 2.05) is 31.2 Å². The van der Waals surface area contributed by atoms with Gasteiger partial charge in [0, 0.05) is 18.4 Å². The topological polar surface area (TPSA) is 21.6 Å². The maximum absolute atomic E-state index is 5.80. The minimum atomic E-state index is -0.0961. The molecule has 15 heavy (non-hydrogen) atoms. The smallest absolute Gasteiger partial charge is 0.186 e. The third kappa shape index (κ3) is 2.55. The summed E-state index contributed by atoms with van der Waals surface area (Å²) < 4.78 is 5.48. The molecule has 1 unspecified atom stereocenters. The van der Waals surface area contributed by atoms with Crippen molar-refractivity contribution >= 4 is 34.7 Å². The monoisotopic (exact) mass is 239 g/mol. The molecule has 2 nitrogen and oxygen atoms in total. The number of ether oxygens (including phenoxy) is 1. The summed E-state index contributed by atoms with van der Waals surface area (Å²) in [5.74, 6) is 0.652. The Balaban J connectivity index is 2.04. The molecule has 0 amide bonds. The van der Waals surface area contributed by atoms with Crippen molar-refractivity contribution in [3.63, 3.8) is 0 Å². The third-order valence-electron chi connectivity index (χ3n) is 2.19. The first-order valence-electron chi connectivity index (χ1n) is 4.65. The lowest BCUT2D eigenvalue weighted by Gasteiger charge is -2.09. The summed E-state index contributed by atoms with van der Waals surface area (Å²) in [4.78, 5) is 4.71. The van der Waals surface area contributed by atoms with Crippen LogP contribution in [0.25, 0.3) is 0 Å².